The second-order valence-corrected chi connectivity index (χ2v) is 0.734. The van der Waals surface area contributed by atoms with E-state index in [0.717, 1.165) is 0 Å². The van der Waals surface area contributed by atoms with E-state index in [4.69, 9.17) is 6.42 Å². The molecule has 0 rings (SSSR count). The van der Waals surface area contributed by atoms with E-state index in [-0.39, 0.29) is 0 Å². The van der Waals surface area contributed by atoms with Crippen molar-refractivity contribution < 1.29 is 0 Å². The van der Waals surface area contributed by atoms with Crippen molar-refractivity contribution in [3.63, 3.8) is 0 Å². The molecule has 1 nitrogen and oxygen atoms in total. The van der Waals surface area contributed by atoms with E-state index in [2.05, 4.69) is 11.2 Å². The van der Waals surface area contributed by atoms with Gasteiger partial charge in [-0.05, 0) is 7.05 Å². The van der Waals surface area contributed by atoms with Gasteiger partial charge in [0.15, 0.2) is 0 Å². The second-order valence-electron chi connectivity index (χ2n) is 0.734. The topological polar surface area (TPSA) is 12.0 Å². The van der Waals surface area contributed by atoms with Crippen LogP contribution in [0.4, 0.5) is 0 Å². The quantitative estimate of drug-likeness (QED) is 0.533. The summed E-state index contributed by atoms with van der Waals surface area (Å²) in [4.78, 5) is 0. The summed E-state index contributed by atoms with van der Waals surface area (Å²) in [6.45, 7) is 8.67. The lowest BCUT2D eigenvalue weighted by Gasteiger charge is -1.76. The average Bonchev–Trinajstić information content (AvgIpc) is 1.98. The Morgan fingerprint density at radius 3 is 1.56 bits per heavy atom. The molecule has 0 aromatic carbocycles. The monoisotopic (exact) mass is 129 g/mol. The minimum absolute atomic E-state index is 0.667. The lowest BCUT2D eigenvalue weighted by Crippen LogP contribution is -2.03. The van der Waals surface area contributed by atoms with Crippen LogP contribution in [0.2, 0.25) is 0 Å². The zero-order chi connectivity index (χ0) is 8.12. The molecule has 1 N–H and O–H groups in total. The van der Waals surface area contributed by atoms with Crippen LogP contribution in [-0.2, 0) is 0 Å². The van der Waals surface area contributed by atoms with E-state index in [9.17, 15) is 0 Å². The first-order valence-electron chi connectivity index (χ1n) is 3.50. The normalized spacial score (nSPS) is 4.89. The Labute approximate surface area is 59.9 Å². The lowest BCUT2D eigenvalue weighted by molar-refractivity contribution is 0.939. The van der Waals surface area contributed by atoms with Gasteiger partial charge >= 0.3 is 0 Å². The zero-order valence-electron chi connectivity index (χ0n) is 7.28. The third-order valence-corrected chi connectivity index (χ3v) is 0.279. The molecule has 0 aromatic heterocycles. The second kappa shape index (κ2) is 50.3. The molecule has 0 radical (unpaired) electrons. The van der Waals surface area contributed by atoms with Crippen LogP contribution >= 0.6 is 0 Å². The van der Waals surface area contributed by atoms with Crippen LogP contribution in [0, 0.1) is 12.3 Å². The van der Waals surface area contributed by atoms with Gasteiger partial charge < -0.3 is 5.32 Å². The van der Waals surface area contributed by atoms with Crippen molar-refractivity contribution in [2.24, 2.45) is 0 Å². The standard InChI is InChI=1S/C4H7N.2C2H6/c1-3-4-5-2;2*1-2/h1,5H,4H2,2H3;2*1-2H3. The molecule has 0 heterocycles. The Morgan fingerprint density at radius 1 is 1.22 bits per heavy atom. The third kappa shape index (κ3) is 99.2. The molecule has 0 aliphatic rings. The molecule has 0 spiro atoms. The average molecular weight is 129 g/mol. The van der Waals surface area contributed by atoms with Crippen LogP contribution in [-0.4, -0.2) is 13.6 Å². The van der Waals surface area contributed by atoms with Crippen LogP contribution in [0.15, 0.2) is 0 Å². The van der Waals surface area contributed by atoms with Gasteiger partial charge in [-0.15, -0.1) is 6.42 Å². The number of hydrogen-bond acceptors (Lipinski definition) is 1. The molecular weight excluding hydrogens is 110 g/mol. The van der Waals surface area contributed by atoms with E-state index in [1.165, 1.54) is 0 Å². The summed E-state index contributed by atoms with van der Waals surface area (Å²) in [7, 11) is 1.82. The zero-order valence-corrected chi connectivity index (χ0v) is 7.28. The molecule has 9 heavy (non-hydrogen) atoms. The van der Waals surface area contributed by atoms with Crippen molar-refractivity contribution in [1.29, 1.82) is 0 Å². The molecule has 56 valence electrons. The summed E-state index contributed by atoms with van der Waals surface area (Å²) in [6, 6.07) is 0. The van der Waals surface area contributed by atoms with Crippen LogP contribution in [0.5, 0.6) is 0 Å². The van der Waals surface area contributed by atoms with Gasteiger partial charge in [-0.3, -0.25) is 0 Å². The minimum atomic E-state index is 0.667. The summed E-state index contributed by atoms with van der Waals surface area (Å²) in [5, 5.41) is 2.78. The molecule has 0 saturated carbocycles. The van der Waals surface area contributed by atoms with Crippen molar-refractivity contribution in [3.8, 4) is 12.3 Å². The summed E-state index contributed by atoms with van der Waals surface area (Å²) in [5.74, 6) is 2.41. The van der Waals surface area contributed by atoms with Gasteiger partial charge in [-0.2, -0.15) is 0 Å². The molecule has 0 aromatic rings. The Morgan fingerprint density at radius 2 is 1.56 bits per heavy atom. The number of hydrogen-bond donors (Lipinski definition) is 1. The molecular formula is C8H19N. The Balaban J connectivity index is -0.0000000771. The summed E-state index contributed by atoms with van der Waals surface area (Å²) < 4.78 is 0. The first kappa shape index (κ1) is 15.8. The first-order valence-corrected chi connectivity index (χ1v) is 3.50. The van der Waals surface area contributed by atoms with E-state index < -0.39 is 0 Å². The minimum Gasteiger partial charge on any atom is -0.309 e. The van der Waals surface area contributed by atoms with Crippen molar-refractivity contribution >= 4 is 0 Å². The number of terminal acetylenes is 1. The van der Waals surface area contributed by atoms with E-state index in [1.807, 2.05) is 34.7 Å². The van der Waals surface area contributed by atoms with E-state index >= 15 is 0 Å². The van der Waals surface area contributed by atoms with Gasteiger partial charge in [-0.25, -0.2) is 0 Å². The maximum absolute atomic E-state index is 4.83. The van der Waals surface area contributed by atoms with Gasteiger partial charge in [0.05, 0.1) is 6.54 Å². The van der Waals surface area contributed by atoms with E-state index in [0.29, 0.717) is 6.54 Å². The highest BCUT2D eigenvalue weighted by Crippen LogP contribution is 1.37. The van der Waals surface area contributed by atoms with Gasteiger partial charge in [0, 0.05) is 0 Å². The summed E-state index contributed by atoms with van der Waals surface area (Å²) in [6.07, 6.45) is 4.83. The SMILES string of the molecule is C#CCNC.CC.CC. The Kier molecular flexibility index (Phi) is 88.4. The highest BCUT2D eigenvalue weighted by atomic mass is 14.8. The number of nitrogens with one attached hydrogen (secondary N) is 1. The van der Waals surface area contributed by atoms with E-state index in [1.54, 1.807) is 0 Å². The fraction of sp³-hybridized carbons (Fsp3) is 0.750. The van der Waals surface area contributed by atoms with Crippen molar-refractivity contribution in [2.75, 3.05) is 13.6 Å². The molecule has 0 aliphatic heterocycles. The first-order chi connectivity index (χ1) is 4.41. The number of rotatable bonds is 1. The van der Waals surface area contributed by atoms with Gasteiger partial charge in [-0.1, -0.05) is 33.6 Å². The van der Waals surface area contributed by atoms with Crippen LogP contribution in [0.1, 0.15) is 27.7 Å². The van der Waals surface area contributed by atoms with Gasteiger partial charge in [0.25, 0.3) is 0 Å². The highest BCUT2D eigenvalue weighted by Gasteiger charge is 1.56. The van der Waals surface area contributed by atoms with Gasteiger partial charge in [0.2, 0.25) is 0 Å². The molecule has 0 atom stereocenters. The van der Waals surface area contributed by atoms with Crippen LogP contribution < -0.4 is 5.32 Å². The molecule has 0 unspecified atom stereocenters. The molecule has 0 fully saturated rings. The predicted octanol–water partition coefficient (Wildman–Crippen LogP) is 1.89. The summed E-state index contributed by atoms with van der Waals surface area (Å²) >= 11 is 0. The molecule has 0 aliphatic carbocycles. The van der Waals surface area contributed by atoms with Crippen LogP contribution in [0.25, 0.3) is 0 Å². The fourth-order valence-electron chi connectivity index (χ4n) is 0.102. The van der Waals surface area contributed by atoms with Crippen LogP contribution in [0.3, 0.4) is 0 Å². The smallest absolute Gasteiger partial charge is 0.0571 e. The fourth-order valence-corrected chi connectivity index (χ4v) is 0.102. The Hall–Kier alpha value is -0.480. The highest BCUT2D eigenvalue weighted by molar-refractivity contribution is 4.85. The predicted molar refractivity (Wildman–Crippen MR) is 45.5 cm³/mol. The maximum Gasteiger partial charge on any atom is 0.0571 e. The molecule has 0 saturated heterocycles. The lowest BCUT2D eigenvalue weighted by atomic mass is 10.7. The molecule has 0 bridgehead atoms. The summed E-state index contributed by atoms with van der Waals surface area (Å²) in [5.41, 5.74) is 0. The maximum atomic E-state index is 4.83. The van der Waals surface area contributed by atoms with Crippen molar-refractivity contribution in [2.45, 2.75) is 27.7 Å². The molecule has 0 amide bonds. The Bertz CT molecular complexity index is 43.0. The molecule has 1 heteroatoms. The van der Waals surface area contributed by atoms with Crippen molar-refractivity contribution in [1.82, 2.24) is 5.32 Å². The largest absolute Gasteiger partial charge is 0.309 e. The van der Waals surface area contributed by atoms with Gasteiger partial charge in [0.1, 0.15) is 0 Å². The van der Waals surface area contributed by atoms with Crippen molar-refractivity contribution in [3.05, 3.63) is 0 Å². The third-order valence-electron chi connectivity index (χ3n) is 0.279.